The number of aliphatic carboxylic acids is 1. The summed E-state index contributed by atoms with van der Waals surface area (Å²) in [4.78, 5) is 23.1. The molecule has 0 aliphatic heterocycles. The van der Waals surface area contributed by atoms with Crippen LogP contribution in [0.4, 0.5) is 0 Å². The van der Waals surface area contributed by atoms with Gasteiger partial charge in [0.05, 0.1) is 23.7 Å². The molecule has 4 rings (SSSR count). The van der Waals surface area contributed by atoms with Crippen molar-refractivity contribution in [1.29, 1.82) is 0 Å². The van der Waals surface area contributed by atoms with Gasteiger partial charge >= 0.3 is 5.97 Å². The van der Waals surface area contributed by atoms with Crippen LogP contribution in [0.3, 0.4) is 0 Å². The van der Waals surface area contributed by atoms with Crippen LogP contribution in [0.1, 0.15) is 12.8 Å². The zero-order valence-corrected chi connectivity index (χ0v) is 16.6. The van der Waals surface area contributed by atoms with Crippen molar-refractivity contribution in [3.05, 3.63) is 57.7 Å². The first-order valence-corrected chi connectivity index (χ1v) is 9.83. The molecule has 1 aliphatic rings. The van der Waals surface area contributed by atoms with Crippen molar-refractivity contribution in [2.45, 2.75) is 18.9 Å². The topological polar surface area (TPSA) is 106 Å². The summed E-state index contributed by atoms with van der Waals surface area (Å²) in [6.45, 7) is 0.716. The van der Waals surface area contributed by atoms with Crippen LogP contribution < -0.4 is 10.2 Å². The van der Waals surface area contributed by atoms with Crippen LogP contribution in [0.5, 0.6) is 11.5 Å². The number of ether oxygens (including phenoxy) is 2. The van der Waals surface area contributed by atoms with Crippen molar-refractivity contribution >= 4 is 28.5 Å². The minimum atomic E-state index is -0.771. The van der Waals surface area contributed by atoms with Gasteiger partial charge in [0.25, 0.3) is 0 Å². The first kappa shape index (κ1) is 20.3. The Morgan fingerprint density at radius 1 is 1.13 bits per heavy atom. The van der Waals surface area contributed by atoms with Crippen LogP contribution in [0.2, 0.25) is 5.02 Å². The van der Waals surface area contributed by atoms with Crippen LogP contribution in [0.15, 0.2) is 51.7 Å². The van der Waals surface area contributed by atoms with Crippen molar-refractivity contribution in [3.63, 3.8) is 0 Å². The van der Waals surface area contributed by atoms with Gasteiger partial charge in [0.1, 0.15) is 29.3 Å². The Morgan fingerprint density at radius 3 is 2.57 bits per heavy atom. The number of carboxylic acid groups (broad SMARTS) is 1. The summed E-state index contributed by atoms with van der Waals surface area (Å²) < 4.78 is 17.0. The fourth-order valence-corrected chi connectivity index (χ4v) is 3.55. The van der Waals surface area contributed by atoms with E-state index in [1.54, 1.807) is 24.3 Å². The summed E-state index contributed by atoms with van der Waals surface area (Å²) >= 11 is 6.11. The predicted molar refractivity (Wildman–Crippen MR) is 110 cm³/mol. The third-order valence-electron chi connectivity index (χ3n) is 5.10. The Labute approximate surface area is 176 Å². The van der Waals surface area contributed by atoms with E-state index < -0.39 is 5.97 Å². The molecule has 0 bridgehead atoms. The number of rotatable bonds is 7. The number of hydrogen-bond acceptors (Lipinski definition) is 6. The molecule has 1 aliphatic carbocycles. The Bertz CT molecular complexity index is 1130. The maximum atomic E-state index is 12.4. The Balaban J connectivity index is 1.37. The molecule has 7 nitrogen and oxygen atoms in total. The molecule has 0 amide bonds. The van der Waals surface area contributed by atoms with Crippen LogP contribution in [-0.4, -0.2) is 35.5 Å². The number of carbonyl (C=O) groups is 1. The molecule has 156 valence electrons. The number of hydrogen-bond donors (Lipinski definition) is 2. The highest BCUT2D eigenvalue weighted by Gasteiger charge is 2.34. The molecule has 1 aromatic heterocycles. The highest BCUT2D eigenvalue weighted by molar-refractivity contribution is 6.35. The maximum Gasteiger partial charge on any atom is 0.306 e. The molecule has 0 spiro atoms. The van der Waals surface area contributed by atoms with E-state index in [9.17, 15) is 14.7 Å². The molecule has 8 heteroatoms. The number of phenolic OH excluding ortho intramolecular Hbond substituents is 1. The second kappa shape index (κ2) is 8.38. The van der Waals surface area contributed by atoms with Gasteiger partial charge in [-0.05, 0) is 49.2 Å². The lowest BCUT2D eigenvalue weighted by Gasteiger charge is -2.31. The van der Waals surface area contributed by atoms with E-state index in [0.29, 0.717) is 43.1 Å². The summed E-state index contributed by atoms with van der Waals surface area (Å²) in [7, 11) is 0. The largest absolute Gasteiger partial charge is 0.507 e. The van der Waals surface area contributed by atoms with Crippen LogP contribution in [0, 0.1) is 5.92 Å². The van der Waals surface area contributed by atoms with E-state index in [-0.39, 0.29) is 39.2 Å². The second-order valence-corrected chi connectivity index (χ2v) is 7.52. The lowest BCUT2D eigenvalue weighted by Crippen LogP contribution is -2.36. The normalized spacial score (nSPS) is 18.2. The van der Waals surface area contributed by atoms with Crippen molar-refractivity contribution < 1.29 is 28.9 Å². The zero-order valence-electron chi connectivity index (χ0n) is 15.8. The van der Waals surface area contributed by atoms with E-state index in [2.05, 4.69) is 0 Å². The fraction of sp³-hybridized carbons (Fsp3) is 0.273. The van der Waals surface area contributed by atoms with E-state index in [1.807, 2.05) is 0 Å². The number of benzene rings is 2. The van der Waals surface area contributed by atoms with E-state index in [4.69, 9.17) is 30.6 Å². The average Bonchev–Trinajstić information content (AvgIpc) is 2.69. The van der Waals surface area contributed by atoms with E-state index >= 15 is 0 Å². The minimum absolute atomic E-state index is 0.0147. The molecule has 1 saturated carbocycles. The molecule has 3 aromatic rings. The van der Waals surface area contributed by atoms with Gasteiger partial charge in [-0.3, -0.25) is 9.59 Å². The molecule has 30 heavy (non-hydrogen) atoms. The van der Waals surface area contributed by atoms with Gasteiger partial charge in [-0.1, -0.05) is 11.6 Å². The van der Waals surface area contributed by atoms with Crippen LogP contribution in [0.25, 0.3) is 22.3 Å². The summed E-state index contributed by atoms with van der Waals surface area (Å²) in [5.41, 5.74) is 0.411. The highest BCUT2D eigenvalue weighted by atomic mass is 35.5. The third-order valence-corrected chi connectivity index (χ3v) is 5.39. The Morgan fingerprint density at radius 2 is 1.87 bits per heavy atom. The van der Waals surface area contributed by atoms with Crippen molar-refractivity contribution in [2.75, 3.05) is 13.2 Å². The first-order valence-electron chi connectivity index (χ1n) is 9.45. The molecular formula is C22H19ClO7. The van der Waals surface area contributed by atoms with E-state index in [1.165, 1.54) is 18.2 Å². The molecule has 2 aromatic carbocycles. The van der Waals surface area contributed by atoms with Crippen molar-refractivity contribution in [3.8, 4) is 22.8 Å². The van der Waals surface area contributed by atoms with Gasteiger partial charge in [-0.15, -0.1) is 0 Å². The maximum absolute atomic E-state index is 12.4. The quantitative estimate of drug-likeness (QED) is 0.544. The Hall–Kier alpha value is -3.03. The van der Waals surface area contributed by atoms with Gasteiger partial charge in [0.2, 0.25) is 0 Å². The monoisotopic (exact) mass is 430 g/mol. The van der Waals surface area contributed by atoms with Crippen LogP contribution >= 0.6 is 11.6 Å². The van der Waals surface area contributed by atoms with Crippen molar-refractivity contribution in [1.82, 2.24) is 0 Å². The number of carboxylic acids is 1. The molecule has 0 atom stereocenters. The number of fused-ring (bicyclic) bond motifs is 1. The smallest absolute Gasteiger partial charge is 0.306 e. The molecular weight excluding hydrogens is 412 g/mol. The van der Waals surface area contributed by atoms with Gasteiger partial charge in [-0.25, -0.2) is 0 Å². The average molecular weight is 431 g/mol. The van der Waals surface area contributed by atoms with Gasteiger partial charge in [0, 0.05) is 11.6 Å². The zero-order chi connectivity index (χ0) is 21.3. The summed E-state index contributed by atoms with van der Waals surface area (Å²) in [5, 5.41) is 19.0. The van der Waals surface area contributed by atoms with Gasteiger partial charge < -0.3 is 24.1 Å². The third kappa shape index (κ3) is 4.13. The lowest BCUT2D eigenvalue weighted by molar-refractivity contribution is -0.151. The molecule has 1 heterocycles. The lowest BCUT2D eigenvalue weighted by atomic mass is 9.82. The summed E-state index contributed by atoms with van der Waals surface area (Å²) in [5.74, 6) is -0.294. The molecule has 0 radical (unpaired) electrons. The van der Waals surface area contributed by atoms with Gasteiger partial charge in [-0.2, -0.15) is 0 Å². The fourth-order valence-electron chi connectivity index (χ4n) is 3.35. The molecule has 0 saturated heterocycles. The molecule has 1 fully saturated rings. The van der Waals surface area contributed by atoms with Crippen LogP contribution in [-0.2, 0) is 9.53 Å². The molecule has 0 unspecified atom stereocenters. The number of aromatic hydroxyl groups is 1. The molecule has 2 N–H and O–H groups in total. The standard InChI is InChI=1S/C22H19ClO7/c23-16-5-6-17(24)20-18(25)11-19(30-21(16)20)12-1-3-14(4-2-12)28-7-8-29-15-9-13(10-15)22(26)27/h1-6,11,13,15,24H,7-10H2,(H,26,27). The highest BCUT2D eigenvalue weighted by Crippen LogP contribution is 2.32. The second-order valence-electron chi connectivity index (χ2n) is 7.12. The van der Waals surface area contributed by atoms with Gasteiger partial charge in [0.15, 0.2) is 11.0 Å². The first-order chi connectivity index (χ1) is 14.4. The Kier molecular flexibility index (Phi) is 5.65. The summed E-state index contributed by atoms with van der Waals surface area (Å²) in [6.07, 6.45) is 1.07. The van der Waals surface area contributed by atoms with Crippen molar-refractivity contribution in [2.24, 2.45) is 5.92 Å². The van der Waals surface area contributed by atoms with E-state index in [0.717, 1.165) is 0 Å². The predicted octanol–water partition coefficient (Wildman–Crippen LogP) is 4.08. The summed E-state index contributed by atoms with van der Waals surface area (Å²) in [6, 6.07) is 11.1. The number of phenols is 1. The SMILES string of the molecule is O=C(O)C1CC(OCCOc2ccc(-c3cc(=O)c4c(O)ccc(Cl)c4o3)cc2)C1. The minimum Gasteiger partial charge on any atom is -0.507 e. The number of halogens is 1.